The minimum atomic E-state index is -1.10. The first-order valence-electron chi connectivity index (χ1n) is 7.91. The Balaban J connectivity index is 2.38. The molecule has 0 aliphatic rings. The summed E-state index contributed by atoms with van der Waals surface area (Å²) in [5, 5.41) is 9.50. The maximum atomic E-state index is 12.6. The fourth-order valence-electron chi connectivity index (χ4n) is 2.47. The van der Waals surface area contributed by atoms with Crippen LogP contribution in [0.2, 0.25) is 0 Å². The van der Waals surface area contributed by atoms with Crippen molar-refractivity contribution in [1.29, 1.82) is 0 Å². The van der Waals surface area contributed by atoms with Crippen molar-refractivity contribution in [3.8, 4) is 5.75 Å². The topological polar surface area (TPSA) is 63.6 Å². The Hall–Kier alpha value is -2.27. The van der Waals surface area contributed by atoms with Crippen LogP contribution in [-0.4, -0.2) is 29.7 Å². The molecule has 0 bridgehead atoms. The van der Waals surface area contributed by atoms with E-state index < -0.39 is 5.97 Å². The van der Waals surface area contributed by atoms with Gasteiger partial charge < -0.3 is 9.84 Å². The molecule has 0 spiro atoms. The van der Waals surface area contributed by atoms with Crippen LogP contribution in [0.4, 0.5) is 0 Å². The van der Waals surface area contributed by atoms with Gasteiger partial charge in [0.15, 0.2) is 5.78 Å². The molecule has 25 heavy (non-hydrogen) atoms. The number of ketones is 1. The molecule has 0 saturated heterocycles. The lowest BCUT2D eigenvalue weighted by Crippen LogP contribution is -2.17. The van der Waals surface area contributed by atoms with Crippen LogP contribution in [0.25, 0.3) is 0 Å². The summed E-state index contributed by atoms with van der Waals surface area (Å²) in [7, 11) is 1.45. The quantitative estimate of drug-likeness (QED) is 0.601. The van der Waals surface area contributed by atoms with Gasteiger partial charge in [-0.05, 0) is 29.7 Å². The molecular formula is C20H22O4S. The second kappa shape index (κ2) is 7.74. The number of methoxy groups -OCH3 is 1. The second-order valence-corrected chi connectivity index (χ2v) is 7.73. The van der Waals surface area contributed by atoms with E-state index in [4.69, 9.17) is 4.74 Å². The number of carbonyl (C=O) groups excluding carboxylic acids is 1. The molecule has 132 valence electrons. The number of ether oxygens (including phenoxy) is 1. The number of carboxylic acid groups (broad SMARTS) is 1. The van der Waals surface area contributed by atoms with E-state index in [1.807, 2.05) is 51.1 Å². The van der Waals surface area contributed by atoms with E-state index in [9.17, 15) is 14.7 Å². The van der Waals surface area contributed by atoms with Crippen molar-refractivity contribution in [3.05, 3.63) is 59.2 Å². The number of carbonyl (C=O) groups is 2. The predicted molar refractivity (Wildman–Crippen MR) is 100 cm³/mol. The first-order valence-corrected chi connectivity index (χ1v) is 8.89. The van der Waals surface area contributed by atoms with Gasteiger partial charge in [-0.25, -0.2) is 4.79 Å². The van der Waals surface area contributed by atoms with E-state index in [0.29, 0.717) is 16.9 Å². The molecule has 2 rings (SSSR count). The number of benzene rings is 2. The number of Topliss-reactive ketones (excluding diaryl/α,β-unsaturated/α-hetero) is 1. The minimum absolute atomic E-state index is 0.0167. The molecule has 0 unspecified atom stereocenters. The number of hydrogen-bond acceptors (Lipinski definition) is 4. The number of aromatic carboxylic acids is 1. The maximum absolute atomic E-state index is 12.6. The standard InChI is InChI=1S/C20H22O4S/c1-20(2,3)16-11-13(10-15(19(22)23)18(16)24-4)17(21)12-25-14-8-6-5-7-9-14/h5-11H,12H2,1-4H3,(H,22,23). The van der Waals surface area contributed by atoms with Crippen LogP contribution < -0.4 is 4.74 Å². The van der Waals surface area contributed by atoms with Crippen LogP contribution >= 0.6 is 11.8 Å². The van der Waals surface area contributed by atoms with Gasteiger partial charge in [0.2, 0.25) is 0 Å². The van der Waals surface area contributed by atoms with E-state index in [1.54, 1.807) is 6.07 Å². The molecule has 0 radical (unpaired) electrons. The second-order valence-electron chi connectivity index (χ2n) is 6.68. The van der Waals surface area contributed by atoms with Gasteiger partial charge in [0, 0.05) is 16.0 Å². The number of rotatable bonds is 6. The van der Waals surface area contributed by atoms with Gasteiger partial charge in [-0.3, -0.25) is 4.79 Å². The van der Waals surface area contributed by atoms with Gasteiger partial charge in [-0.1, -0.05) is 39.0 Å². The molecule has 0 fully saturated rings. The Morgan fingerprint density at radius 3 is 2.28 bits per heavy atom. The van der Waals surface area contributed by atoms with Crippen molar-refractivity contribution in [2.45, 2.75) is 31.1 Å². The summed E-state index contributed by atoms with van der Waals surface area (Å²) in [6.45, 7) is 5.89. The first-order chi connectivity index (χ1) is 11.7. The fourth-order valence-corrected chi connectivity index (χ4v) is 3.29. The molecule has 5 heteroatoms. The Bertz CT molecular complexity index is 776. The van der Waals surface area contributed by atoms with Gasteiger partial charge in [-0.2, -0.15) is 0 Å². The molecule has 1 N–H and O–H groups in total. The first kappa shape index (κ1) is 19.1. The van der Waals surface area contributed by atoms with E-state index in [2.05, 4.69) is 0 Å². The van der Waals surface area contributed by atoms with E-state index in [0.717, 1.165) is 4.90 Å². The summed E-state index contributed by atoms with van der Waals surface area (Å²) in [6, 6.07) is 12.8. The summed E-state index contributed by atoms with van der Waals surface area (Å²) in [5.74, 6) is -0.650. The Morgan fingerprint density at radius 1 is 1.12 bits per heavy atom. The van der Waals surface area contributed by atoms with Crippen molar-refractivity contribution < 1.29 is 19.4 Å². The van der Waals surface area contributed by atoms with Gasteiger partial charge >= 0.3 is 5.97 Å². The monoisotopic (exact) mass is 358 g/mol. The fraction of sp³-hybridized carbons (Fsp3) is 0.300. The average molecular weight is 358 g/mol. The Morgan fingerprint density at radius 2 is 1.76 bits per heavy atom. The lowest BCUT2D eigenvalue weighted by Gasteiger charge is -2.24. The van der Waals surface area contributed by atoms with Crippen molar-refractivity contribution in [1.82, 2.24) is 0 Å². The Kier molecular flexibility index (Phi) is 5.90. The van der Waals surface area contributed by atoms with Crippen LogP contribution in [0, 0.1) is 0 Å². The number of hydrogen-bond donors (Lipinski definition) is 1. The highest BCUT2D eigenvalue weighted by atomic mass is 32.2. The zero-order chi connectivity index (χ0) is 18.6. The summed E-state index contributed by atoms with van der Waals surface area (Å²) in [5.41, 5.74) is 0.774. The number of carboxylic acids is 1. The molecule has 0 aromatic heterocycles. The minimum Gasteiger partial charge on any atom is -0.496 e. The van der Waals surface area contributed by atoms with Crippen LogP contribution in [0.3, 0.4) is 0 Å². The summed E-state index contributed by atoms with van der Waals surface area (Å²) >= 11 is 1.43. The van der Waals surface area contributed by atoms with Gasteiger partial charge in [0.05, 0.1) is 12.9 Å². The molecule has 0 amide bonds. The average Bonchev–Trinajstić information content (AvgIpc) is 2.58. The number of thioether (sulfide) groups is 1. The molecular weight excluding hydrogens is 336 g/mol. The highest BCUT2D eigenvalue weighted by molar-refractivity contribution is 8.00. The summed E-state index contributed by atoms with van der Waals surface area (Å²) in [6.07, 6.45) is 0. The maximum Gasteiger partial charge on any atom is 0.339 e. The molecule has 0 heterocycles. The summed E-state index contributed by atoms with van der Waals surface area (Å²) in [4.78, 5) is 25.2. The molecule has 2 aromatic rings. The third-order valence-corrected chi connectivity index (χ3v) is 4.78. The molecule has 0 aliphatic carbocycles. The Labute approximate surface area is 152 Å². The lowest BCUT2D eigenvalue weighted by atomic mass is 9.83. The third-order valence-electron chi connectivity index (χ3n) is 3.77. The summed E-state index contributed by atoms with van der Waals surface area (Å²) < 4.78 is 5.33. The highest BCUT2D eigenvalue weighted by Gasteiger charge is 2.26. The van der Waals surface area contributed by atoms with Gasteiger partial charge in [0.1, 0.15) is 11.3 Å². The normalized spacial score (nSPS) is 11.2. The highest BCUT2D eigenvalue weighted by Crippen LogP contribution is 2.35. The zero-order valence-corrected chi connectivity index (χ0v) is 15.6. The zero-order valence-electron chi connectivity index (χ0n) is 14.8. The van der Waals surface area contributed by atoms with Crippen molar-refractivity contribution >= 4 is 23.5 Å². The largest absolute Gasteiger partial charge is 0.496 e. The van der Waals surface area contributed by atoms with Crippen LogP contribution in [-0.2, 0) is 5.41 Å². The van der Waals surface area contributed by atoms with Crippen LogP contribution in [0.1, 0.15) is 47.1 Å². The van der Waals surface area contributed by atoms with Gasteiger partial charge in [-0.15, -0.1) is 11.8 Å². The van der Waals surface area contributed by atoms with E-state index >= 15 is 0 Å². The molecule has 0 aliphatic heterocycles. The molecule has 2 aromatic carbocycles. The smallest absolute Gasteiger partial charge is 0.339 e. The van der Waals surface area contributed by atoms with Crippen LogP contribution in [0.5, 0.6) is 5.75 Å². The van der Waals surface area contributed by atoms with Crippen molar-refractivity contribution in [2.24, 2.45) is 0 Å². The van der Waals surface area contributed by atoms with Gasteiger partial charge in [0.25, 0.3) is 0 Å². The SMILES string of the molecule is COc1c(C(=O)O)cc(C(=O)CSc2ccccc2)cc1C(C)(C)C. The van der Waals surface area contributed by atoms with E-state index in [1.165, 1.54) is 24.9 Å². The molecule has 0 saturated carbocycles. The molecule has 4 nitrogen and oxygen atoms in total. The van der Waals surface area contributed by atoms with E-state index in [-0.39, 0.29) is 22.5 Å². The molecule has 0 atom stereocenters. The third kappa shape index (κ3) is 4.63. The van der Waals surface area contributed by atoms with Crippen molar-refractivity contribution in [3.63, 3.8) is 0 Å². The lowest BCUT2D eigenvalue weighted by molar-refractivity contribution is 0.0693. The predicted octanol–water partition coefficient (Wildman–Crippen LogP) is 4.67. The van der Waals surface area contributed by atoms with Crippen LogP contribution in [0.15, 0.2) is 47.4 Å². The van der Waals surface area contributed by atoms with Crippen molar-refractivity contribution in [2.75, 3.05) is 12.9 Å².